The Morgan fingerprint density at radius 3 is 2.55 bits per heavy atom. The van der Waals surface area contributed by atoms with E-state index >= 15 is 0 Å². The van der Waals surface area contributed by atoms with Gasteiger partial charge in [-0.1, -0.05) is 29.3 Å². The van der Waals surface area contributed by atoms with Gasteiger partial charge in [0, 0.05) is 30.8 Å². The second-order valence-electron chi connectivity index (χ2n) is 7.61. The highest BCUT2D eigenvalue weighted by Gasteiger charge is 2.38. The third-order valence-electron chi connectivity index (χ3n) is 5.51. The number of aryl methyl sites for hydroxylation is 1. The molecule has 2 heterocycles. The Morgan fingerprint density at radius 2 is 1.87 bits per heavy atom. The fraction of sp³-hybridized carbons (Fsp3) is 0.381. The van der Waals surface area contributed by atoms with Crippen molar-refractivity contribution in [3.63, 3.8) is 0 Å². The first kappa shape index (κ1) is 22.3. The quantitative estimate of drug-likeness (QED) is 0.568. The minimum absolute atomic E-state index is 0.0253. The van der Waals surface area contributed by atoms with Gasteiger partial charge < -0.3 is 9.29 Å². The zero-order chi connectivity index (χ0) is 22.3. The molecule has 1 unspecified atom stereocenters. The van der Waals surface area contributed by atoms with E-state index in [1.54, 1.807) is 9.21 Å². The highest BCUT2D eigenvalue weighted by molar-refractivity contribution is 7.89. The molecule has 1 amide bonds. The van der Waals surface area contributed by atoms with Crippen molar-refractivity contribution in [2.24, 2.45) is 0 Å². The molecule has 0 spiro atoms. The molecule has 0 aliphatic carbocycles. The number of fused-ring (bicyclic) bond motifs is 1. The molecular weight excluding hydrogens is 453 g/mol. The summed E-state index contributed by atoms with van der Waals surface area (Å²) in [4.78, 5) is 14.0. The van der Waals surface area contributed by atoms with Crippen molar-refractivity contribution in [3.8, 4) is 0 Å². The van der Waals surface area contributed by atoms with Gasteiger partial charge >= 0.3 is 12.3 Å². The fourth-order valence-electron chi connectivity index (χ4n) is 3.94. The zero-order valence-electron chi connectivity index (χ0n) is 16.6. The number of piperidine rings is 1. The van der Waals surface area contributed by atoms with E-state index in [9.17, 15) is 22.5 Å². The first-order valence-electron chi connectivity index (χ1n) is 9.74. The number of nitrogens with zero attached hydrogens (tertiary/aromatic N) is 2. The lowest BCUT2D eigenvalue weighted by Gasteiger charge is -2.39. The minimum atomic E-state index is -4.54. The summed E-state index contributed by atoms with van der Waals surface area (Å²) in [5.41, 5.74) is 1.92. The Hall–Kier alpha value is -1.94. The van der Waals surface area contributed by atoms with Gasteiger partial charge in [-0.05, 0) is 38.0 Å². The van der Waals surface area contributed by atoms with Crippen molar-refractivity contribution >= 4 is 34.7 Å². The van der Waals surface area contributed by atoms with E-state index in [2.05, 4.69) is 0 Å². The highest BCUT2D eigenvalue weighted by Crippen LogP contribution is 2.36. The maximum atomic E-state index is 13.0. The molecule has 10 heteroatoms. The zero-order valence-corrected chi connectivity index (χ0v) is 18.2. The van der Waals surface area contributed by atoms with Gasteiger partial charge in [0.25, 0.3) is 0 Å². The first-order chi connectivity index (χ1) is 14.6. The summed E-state index contributed by atoms with van der Waals surface area (Å²) in [6.07, 6.45) is -3.95. The van der Waals surface area contributed by atoms with E-state index in [0.29, 0.717) is 25.9 Å². The van der Waals surface area contributed by atoms with Gasteiger partial charge in [0.1, 0.15) is 6.61 Å². The van der Waals surface area contributed by atoms with Crippen molar-refractivity contribution in [2.45, 2.75) is 43.5 Å². The maximum Gasteiger partial charge on any atom is 0.416 e. The average Bonchev–Trinajstić information content (AvgIpc) is 2.73. The van der Waals surface area contributed by atoms with Crippen LogP contribution in [-0.4, -0.2) is 34.1 Å². The predicted octanol–water partition coefficient (Wildman–Crippen LogP) is 5.31. The van der Waals surface area contributed by atoms with Crippen molar-refractivity contribution in [1.82, 2.24) is 4.31 Å². The minimum Gasteiger partial charge on any atom is -0.593 e. The smallest absolute Gasteiger partial charge is 0.416 e. The SMILES string of the molecule is Cc1ccc2c(c1)COC(=O)N2C1CCN([S+]([O-])c2cc(C(F)(F)F)ccc2Cl)CC1. The van der Waals surface area contributed by atoms with E-state index in [-0.39, 0.29) is 22.6 Å². The molecular formula is C21H20ClF3N2O3S. The van der Waals surface area contributed by atoms with Crippen LogP contribution in [0.15, 0.2) is 41.3 Å². The number of benzene rings is 2. The number of hydrogen-bond acceptors (Lipinski definition) is 4. The molecule has 2 aliphatic rings. The van der Waals surface area contributed by atoms with E-state index < -0.39 is 29.2 Å². The number of carbonyl (C=O) groups is 1. The predicted molar refractivity (Wildman–Crippen MR) is 111 cm³/mol. The van der Waals surface area contributed by atoms with Crippen LogP contribution in [0.3, 0.4) is 0 Å². The van der Waals surface area contributed by atoms with Crippen molar-refractivity contribution in [2.75, 3.05) is 18.0 Å². The van der Waals surface area contributed by atoms with Crippen LogP contribution in [0.5, 0.6) is 0 Å². The number of halogens is 4. The van der Waals surface area contributed by atoms with Gasteiger partial charge in [0.05, 0.1) is 27.6 Å². The first-order valence-corrected chi connectivity index (χ1v) is 11.2. The highest BCUT2D eigenvalue weighted by atomic mass is 35.5. The van der Waals surface area contributed by atoms with Crippen LogP contribution in [0.4, 0.5) is 23.7 Å². The number of amides is 1. The van der Waals surface area contributed by atoms with Gasteiger partial charge in [-0.2, -0.15) is 13.2 Å². The second kappa shape index (κ2) is 8.54. The third kappa shape index (κ3) is 4.50. The van der Waals surface area contributed by atoms with E-state index in [0.717, 1.165) is 35.0 Å². The summed E-state index contributed by atoms with van der Waals surface area (Å²) in [7, 11) is 0. The van der Waals surface area contributed by atoms with Crippen molar-refractivity contribution in [1.29, 1.82) is 0 Å². The van der Waals surface area contributed by atoms with E-state index in [1.807, 2.05) is 25.1 Å². The summed E-state index contributed by atoms with van der Waals surface area (Å²) in [6, 6.07) is 8.49. The monoisotopic (exact) mass is 472 g/mol. The van der Waals surface area contributed by atoms with Crippen molar-refractivity contribution < 1.29 is 27.3 Å². The van der Waals surface area contributed by atoms with Gasteiger partial charge in [-0.15, -0.1) is 4.31 Å². The average molecular weight is 473 g/mol. The largest absolute Gasteiger partial charge is 0.593 e. The summed E-state index contributed by atoms with van der Waals surface area (Å²) in [5.74, 6) is 0. The normalized spacial score (nSPS) is 19.2. The van der Waals surface area contributed by atoms with Crippen LogP contribution in [0.25, 0.3) is 0 Å². The standard InChI is InChI=1S/C21H20ClF3N2O3S/c1-13-2-5-18-14(10-13)12-30-20(28)27(18)16-6-8-26(9-7-16)31(29)19-11-15(21(23,24)25)3-4-17(19)22/h2-5,10-11,16H,6-9,12H2,1H3. The molecule has 166 valence electrons. The van der Waals surface area contributed by atoms with E-state index in [4.69, 9.17) is 16.3 Å². The fourth-order valence-corrected chi connectivity index (χ4v) is 5.54. The molecule has 2 aromatic rings. The van der Waals surface area contributed by atoms with Gasteiger partial charge in [-0.25, -0.2) is 4.79 Å². The lowest BCUT2D eigenvalue weighted by atomic mass is 10.0. The Bertz CT molecular complexity index is 996. The molecule has 1 fully saturated rings. The molecule has 5 nitrogen and oxygen atoms in total. The Balaban J connectivity index is 1.49. The molecule has 1 atom stereocenters. The van der Waals surface area contributed by atoms with Crippen LogP contribution in [-0.2, 0) is 28.9 Å². The Labute approximate surface area is 186 Å². The van der Waals surface area contributed by atoms with Crippen LogP contribution in [0.2, 0.25) is 5.02 Å². The molecule has 0 bridgehead atoms. The molecule has 0 radical (unpaired) electrons. The molecule has 1 saturated heterocycles. The topological polar surface area (TPSA) is 55.8 Å². The number of hydrogen-bond donors (Lipinski definition) is 0. The lowest BCUT2D eigenvalue weighted by molar-refractivity contribution is -0.137. The molecule has 0 aromatic heterocycles. The molecule has 31 heavy (non-hydrogen) atoms. The van der Waals surface area contributed by atoms with Gasteiger partial charge in [-0.3, -0.25) is 4.90 Å². The second-order valence-corrected chi connectivity index (χ2v) is 9.47. The number of cyclic esters (lactones) is 1. The number of ether oxygens (including phenoxy) is 1. The summed E-state index contributed by atoms with van der Waals surface area (Å²) >= 11 is 4.21. The number of carbonyl (C=O) groups excluding carboxylic acids is 1. The summed E-state index contributed by atoms with van der Waals surface area (Å²) in [6.45, 7) is 2.88. The molecule has 0 N–H and O–H groups in total. The lowest BCUT2D eigenvalue weighted by Crippen LogP contribution is -2.50. The van der Waals surface area contributed by atoms with Crippen LogP contribution in [0.1, 0.15) is 29.5 Å². The van der Waals surface area contributed by atoms with Crippen LogP contribution in [0, 0.1) is 6.92 Å². The van der Waals surface area contributed by atoms with Crippen molar-refractivity contribution in [3.05, 3.63) is 58.1 Å². The Kier molecular flexibility index (Phi) is 6.13. The molecule has 0 saturated carbocycles. The Morgan fingerprint density at radius 1 is 1.16 bits per heavy atom. The number of alkyl halides is 3. The summed E-state index contributed by atoms with van der Waals surface area (Å²) < 4.78 is 59.0. The van der Waals surface area contributed by atoms with Gasteiger partial charge in [0.2, 0.25) is 0 Å². The number of rotatable bonds is 3. The van der Waals surface area contributed by atoms with Crippen LogP contribution >= 0.6 is 11.6 Å². The molecule has 4 rings (SSSR count). The van der Waals surface area contributed by atoms with Gasteiger partial charge in [0.15, 0.2) is 4.90 Å². The molecule has 2 aromatic carbocycles. The number of anilines is 1. The summed E-state index contributed by atoms with van der Waals surface area (Å²) in [5, 5.41) is 0.0253. The third-order valence-corrected chi connectivity index (χ3v) is 7.50. The van der Waals surface area contributed by atoms with Crippen LogP contribution < -0.4 is 4.90 Å². The van der Waals surface area contributed by atoms with E-state index in [1.165, 1.54) is 0 Å². The maximum absolute atomic E-state index is 13.0. The molecule has 2 aliphatic heterocycles.